The van der Waals surface area contributed by atoms with Crippen molar-refractivity contribution in [2.24, 2.45) is 0 Å². The summed E-state index contributed by atoms with van der Waals surface area (Å²) in [7, 11) is 0. The average molecular weight is 550 g/mol. The third-order valence-corrected chi connectivity index (χ3v) is 7.62. The second kappa shape index (κ2) is 11.7. The quantitative estimate of drug-likeness (QED) is 0.305. The highest BCUT2D eigenvalue weighted by Gasteiger charge is 2.23. The molecular weight excluding hydrogens is 514 g/mol. The van der Waals surface area contributed by atoms with Crippen molar-refractivity contribution in [2.75, 3.05) is 18.8 Å². The van der Waals surface area contributed by atoms with Crippen molar-refractivity contribution in [3.8, 4) is 11.4 Å². The smallest absolute Gasteiger partial charge is 0.247 e. The molecule has 41 heavy (non-hydrogen) atoms. The maximum atomic E-state index is 11.8. The molecule has 0 fully saturated rings. The minimum atomic E-state index is 0.0283. The molecule has 0 radical (unpaired) electrons. The second-order valence-corrected chi connectivity index (χ2v) is 10.00. The monoisotopic (exact) mass is 549 g/mol. The molecule has 4 heterocycles. The van der Waals surface area contributed by atoms with Crippen LogP contribution in [0, 0.1) is 13.8 Å². The number of imidazole rings is 2. The number of anilines is 1. The van der Waals surface area contributed by atoms with Gasteiger partial charge >= 0.3 is 0 Å². The van der Waals surface area contributed by atoms with E-state index in [0.29, 0.717) is 18.8 Å². The number of nitrogens with zero attached hydrogens (tertiary/aromatic N) is 4. The maximum Gasteiger partial charge on any atom is 0.247 e. The number of rotatable bonds is 6. The summed E-state index contributed by atoms with van der Waals surface area (Å²) in [4.78, 5) is 31.9. The minimum Gasteiger partial charge on any atom is -0.397 e. The van der Waals surface area contributed by atoms with Gasteiger partial charge < -0.3 is 25.5 Å². The molecule has 0 saturated carbocycles. The summed E-state index contributed by atoms with van der Waals surface area (Å²) in [6.45, 7) is 9.13. The van der Waals surface area contributed by atoms with Gasteiger partial charge in [0.15, 0.2) is 0 Å². The molecule has 2 aliphatic rings. The van der Waals surface area contributed by atoms with E-state index in [1.165, 1.54) is 0 Å². The Labute approximate surface area is 239 Å². The molecule has 9 heteroatoms. The van der Waals surface area contributed by atoms with Gasteiger partial charge in [-0.05, 0) is 73.2 Å². The zero-order valence-electron chi connectivity index (χ0n) is 23.9. The summed E-state index contributed by atoms with van der Waals surface area (Å²) in [5.74, 6) is 1.95. The first-order valence-corrected chi connectivity index (χ1v) is 13.8. The van der Waals surface area contributed by atoms with Crippen molar-refractivity contribution >= 4 is 28.6 Å². The Bertz CT molecular complexity index is 1670. The SMILES string of the molecule is CCC1=C(c2ccc(-n3ccnc3C)c(N)c2)CNC1=O.CCC1=C(c2ccc(-n3ccnc3C)cc2)CNC1=O. The molecule has 0 bridgehead atoms. The highest BCUT2D eigenvalue weighted by molar-refractivity contribution is 6.06. The number of aromatic nitrogens is 4. The topological polar surface area (TPSA) is 120 Å². The maximum absolute atomic E-state index is 11.8. The van der Waals surface area contributed by atoms with Crippen molar-refractivity contribution in [3.63, 3.8) is 0 Å². The molecule has 9 nitrogen and oxygen atoms in total. The molecule has 2 aliphatic heterocycles. The number of carbonyl (C=O) groups excluding carboxylic acids is 2. The van der Waals surface area contributed by atoms with Crippen molar-refractivity contribution in [1.82, 2.24) is 29.7 Å². The Balaban J connectivity index is 0.000000165. The first kappa shape index (κ1) is 27.6. The first-order valence-electron chi connectivity index (χ1n) is 13.8. The molecular formula is C32H35N7O2. The summed E-state index contributed by atoms with van der Waals surface area (Å²) >= 11 is 0. The van der Waals surface area contributed by atoms with E-state index in [0.717, 1.165) is 69.3 Å². The summed E-state index contributed by atoms with van der Waals surface area (Å²) in [6, 6.07) is 14.2. The third kappa shape index (κ3) is 5.43. The highest BCUT2D eigenvalue weighted by Crippen LogP contribution is 2.29. The van der Waals surface area contributed by atoms with Crippen LogP contribution < -0.4 is 16.4 Å². The average Bonchev–Trinajstić information content (AvgIpc) is 3.76. The van der Waals surface area contributed by atoms with E-state index in [1.54, 1.807) is 12.4 Å². The fourth-order valence-electron chi connectivity index (χ4n) is 5.41. The van der Waals surface area contributed by atoms with Gasteiger partial charge in [0.05, 0.1) is 11.4 Å². The van der Waals surface area contributed by atoms with Gasteiger partial charge in [-0.2, -0.15) is 0 Å². The Hall–Kier alpha value is -4.92. The number of benzene rings is 2. The Morgan fingerprint density at radius 3 is 1.76 bits per heavy atom. The second-order valence-electron chi connectivity index (χ2n) is 10.00. The Morgan fingerprint density at radius 1 is 0.756 bits per heavy atom. The van der Waals surface area contributed by atoms with Crippen LogP contribution in [-0.2, 0) is 9.59 Å². The molecule has 2 aromatic heterocycles. The first-order chi connectivity index (χ1) is 19.8. The molecule has 0 spiro atoms. The van der Waals surface area contributed by atoms with E-state index in [4.69, 9.17) is 5.73 Å². The molecule has 4 aromatic rings. The van der Waals surface area contributed by atoms with Crippen LogP contribution in [-0.4, -0.2) is 44.0 Å². The van der Waals surface area contributed by atoms with Gasteiger partial charge in [0, 0.05) is 54.7 Å². The van der Waals surface area contributed by atoms with Gasteiger partial charge in [-0.1, -0.05) is 32.0 Å². The predicted molar refractivity (Wildman–Crippen MR) is 161 cm³/mol. The molecule has 4 N–H and O–H groups in total. The normalized spacial score (nSPS) is 14.7. The van der Waals surface area contributed by atoms with Crippen molar-refractivity contribution in [2.45, 2.75) is 40.5 Å². The van der Waals surface area contributed by atoms with Crippen molar-refractivity contribution in [3.05, 3.63) is 101 Å². The van der Waals surface area contributed by atoms with Crippen molar-refractivity contribution < 1.29 is 9.59 Å². The van der Waals surface area contributed by atoms with Crippen LogP contribution in [0.3, 0.4) is 0 Å². The van der Waals surface area contributed by atoms with Crippen LogP contribution in [0.1, 0.15) is 49.5 Å². The largest absolute Gasteiger partial charge is 0.397 e. The molecule has 6 rings (SSSR count). The number of hydrogen-bond acceptors (Lipinski definition) is 5. The Kier molecular flexibility index (Phi) is 7.87. The van der Waals surface area contributed by atoms with Gasteiger partial charge in [-0.3, -0.25) is 9.59 Å². The fourth-order valence-corrected chi connectivity index (χ4v) is 5.41. The van der Waals surface area contributed by atoms with Crippen LogP contribution in [0.5, 0.6) is 0 Å². The predicted octanol–water partition coefficient (Wildman–Crippen LogP) is 4.53. The van der Waals surface area contributed by atoms with E-state index in [9.17, 15) is 9.59 Å². The minimum absolute atomic E-state index is 0.0283. The van der Waals surface area contributed by atoms with Crippen LogP contribution in [0.4, 0.5) is 5.69 Å². The van der Waals surface area contributed by atoms with Crippen LogP contribution in [0.2, 0.25) is 0 Å². The number of aryl methyl sites for hydroxylation is 2. The summed E-state index contributed by atoms with van der Waals surface area (Å²) in [5.41, 5.74) is 14.9. The van der Waals surface area contributed by atoms with Crippen LogP contribution in [0.15, 0.2) is 78.4 Å². The van der Waals surface area contributed by atoms with Gasteiger partial charge in [-0.25, -0.2) is 9.97 Å². The Morgan fingerprint density at radius 2 is 1.27 bits per heavy atom. The number of hydrogen-bond donors (Lipinski definition) is 3. The van der Waals surface area contributed by atoms with E-state index in [-0.39, 0.29) is 11.8 Å². The summed E-state index contributed by atoms with van der Waals surface area (Å²) in [5, 5.41) is 5.76. The zero-order chi connectivity index (χ0) is 29.1. The zero-order valence-corrected chi connectivity index (χ0v) is 23.9. The number of nitrogens with two attached hydrogens (primary N) is 1. The molecule has 2 amide bonds. The fraction of sp³-hybridized carbons (Fsp3) is 0.250. The lowest BCUT2D eigenvalue weighted by atomic mass is 9.99. The van der Waals surface area contributed by atoms with E-state index >= 15 is 0 Å². The molecule has 0 atom stereocenters. The van der Waals surface area contributed by atoms with Gasteiger partial charge in [-0.15, -0.1) is 0 Å². The van der Waals surface area contributed by atoms with E-state index in [2.05, 4.69) is 44.9 Å². The number of nitrogens with one attached hydrogen (secondary N) is 2. The van der Waals surface area contributed by atoms with Gasteiger partial charge in [0.25, 0.3) is 0 Å². The summed E-state index contributed by atoms with van der Waals surface area (Å²) in [6.07, 6.45) is 8.87. The van der Waals surface area contributed by atoms with E-state index in [1.807, 2.05) is 67.4 Å². The number of nitrogen functional groups attached to an aromatic ring is 1. The van der Waals surface area contributed by atoms with Crippen LogP contribution >= 0.6 is 0 Å². The summed E-state index contributed by atoms with van der Waals surface area (Å²) < 4.78 is 3.99. The van der Waals surface area contributed by atoms with Crippen LogP contribution in [0.25, 0.3) is 22.5 Å². The molecule has 210 valence electrons. The lowest BCUT2D eigenvalue weighted by Crippen LogP contribution is -2.17. The number of carbonyl (C=O) groups is 2. The molecule has 0 aliphatic carbocycles. The number of amides is 2. The molecule has 2 aromatic carbocycles. The van der Waals surface area contributed by atoms with Crippen molar-refractivity contribution in [1.29, 1.82) is 0 Å². The van der Waals surface area contributed by atoms with E-state index < -0.39 is 0 Å². The third-order valence-electron chi connectivity index (χ3n) is 7.62. The lowest BCUT2D eigenvalue weighted by molar-refractivity contribution is -0.117. The molecule has 0 unspecified atom stereocenters. The highest BCUT2D eigenvalue weighted by atomic mass is 16.2. The molecule has 0 saturated heterocycles. The van der Waals surface area contributed by atoms with Gasteiger partial charge in [0.1, 0.15) is 11.6 Å². The lowest BCUT2D eigenvalue weighted by Gasteiger charge is -2.11. The van der Waals surface area contributed by atoms with Gasteiger partial charge in [0.2, 0.25) is 11.8 Å². The standard InChI is InChI=1S/C16H18N4O.C16H17N3O/c1-3-12-13(9-19-16(12)21)11-4-5-15(14(17)8-11)20-7-6-18-10(20)2;1-3-14-15(10-18-16(14)20)12-4-6-13(7-5-12)19-9-8-17-11(19)2/h4-8H,3,9,17H2,1-2H3,(H,19,21);4-9H,3,10H2,1-2H3,(H,18,20).